The Kier molecular flexibility index (Phi) is 41.0. The minimum Gasteiger partial charge on any atom is -0.379 e. The summed E-state index contributed by atoms with van der Waals surface area (Å²) in [6, 6.07) is 0. The molecule has 280 valence electrons. The lowest BCUT2D eigenvalue weighted by Gasteiger charge is -2.19. The quantitative estimate of drug-likeness (QED) is 0.0482. The van der Waals surface area contributed by atoms with Crippen LogP contribution in [0.2, 0.25) is 0 Å². The van der Waals surface area contributed by atoms with Crippen molar-refractivity contribution in [3.63, 3.8) is 0 Å². The van der Waals surface area contributed by atoms with E-state index in [1.807, 2.05) is 0 Å². The van der Waals surface area contributed by atoms with Gasteiger partial charge in [-0.25, -0.2) is 0 Å². The van der Waals surface area contributed by atoms with Crippen molar-refractivity contribution >= 4 is 0 Å². The van der Waals surface area contributed by atoms with Crippen LogP contribution in [0, 0.1) is 0 Å². The van der Waals surface area contributed by atoms with Gasteiger partial charge in [0, 0.05) is 13.2 Å². The molecule has 3 nitrogen and oxygen atoms in total. The van der Waals surface area contributed by atoms with Crippen LogP contribution in [0.4, 0.5) is 0 Å². The number of ether oxygens (including phenoxy) is 2. The molecule has 0 rings (SSSR count). The van der Waals surface area contributed by atoms with Gasteiger partial charge in [-0.2, -0.15) is 0 Å². The van der Waals surface area contributed by atoms with Crippen molar-refractivity contribution in [2.45, 2.75) is 219 Å². The van der Waals surface area contributed by atoms with E-state index in [1.165, 1.54) is 193 Å². The van der Waals surface area contributed by atoms with Gasteiger partial charge >= 0.3 is 0 Å². The molecule has 0 heterocycles. The van der Waals surface area contributed by atoms with Crippen LogP contribution in [0.3, 0.4) is 0 Å². The van der Waals surface area contributed by atoms with E-state index in [1.54, 1.807) is 0 Å². The van der Waals surface area contributed by atoms with E-state index in [0.29, 0.717) is 0 Å². The molecule has 0 fully saturated rings. The van der Waals surface area contributed by atoms with Crippen molar-refractivity contribution in [1.82, 2.24) is 4.90 Å². The van der Waals surface area contributed by atoms with Crippen LogP contribution < -0.4 is 0 Å². The molecule has 0 N–H and O–H groups in total. The summed E-state index contributed by atoms with van der Waals surface area (Å²) in [6.07, 6.45) is 51.4. The minimum absolute atomic E-state index is 0.273. The highest BCUT2D eigenvalue weighted by Crippen LogP contribution is 2.13. The lowest BCUT2D eigenvalue weighted by Crippen LogP contribution is -2.22. The molecule has 0 spiro atoms. The molecule has 0 saturated heterocycles. The maximum atomic E-state index is 6.35. The molecule has 0 aliphatic heterocycles. The summed E-state index contributed by atoms with van der Waals surface area (Å²) in [5, 5.41) is 0. The molecule has 1 atom stereocenters. The number of nitrogens with zero attached hydrogens (tertiary/aromatic N) is 1. The zero-order valence-corrected chi connectivity index (χ0v) is 32.9. The Hall–Kier alpha value is -0.640. The van der Waals surface area contributed by atoms with Crippen LogP contribution in [0.25, 0.3) is 0 Å². The third kappa shape index (κ3) is 41.4. The molecule has 1 unspecified atom stereocenters. The van der Waals surface area contributed by atoms with Crippen molar-refractivity contribution in [3.05, 3.63) is 24.3 Å². The van der Waals surface area contributed by atoms with Crippen molar-refractivity contribution in [3.8, 4) is 0 Å². The van der Waals surface area contributed by atoms with E-state index in [4.69, 9.17) is 9.47 Å². The van der Waals surface area contributed by atoms with Gasteiger partial charge < -0.3 is 14.4 Å². The Morgan fingerprint density at radius 2 is 0.809 bits per heavy atom. The lowest BCUT2D eigenvalue weighted by atomic mass is 10.1. The molecule has 0 amide bonds. The van der Waals surface area contributed by atoms with Crippen LogP contribution in [-0.2, 0) is 9.47 Å². The normalized spacial score (nSPS) is 12.8. The van der Waals surface area contributed by atoms with Crippen LogP contribution in [0.1, 0.15) is 213 Å². The second kappa shape index (κ2) is 41.5. The minimum atomic E-state index is 0.273. The Morgan fingerprint density at radius 1 is 0.426 bits per heavy atom. The number of hydrogen-bond donors (Lipinski definition) is 0. The van der Waals surface area contributed by atoms with Crippen molar-refractivity contribution in [2.75, 3.05) is 40.5 Å². The Morgan fingerprint density at radius 3 is 1.23 bits per heavy atom. The first-order valence-corrected chi connectivity index (χ1v) is 21.3. The molecule has 0 saturated carbocycles. The lowest BCUT2D eigenvalue weighted by molar-refractivity contribution is -0.0235. The molecular weight excluding hydrogens is 574 g/mol. The molecule has 0 aromatic carbocycles. The SMILES string of the molecule is CCCCCCCC/C=C\CCCCCCCCOCC(CCCCN(C)C)OCCCCCCCC/C=C\CCCCCCCC. The average molecular weight is 662 g/mol. The highest BCUT2D eigenvalue weighted by atomic mass is 16.5. The van der Waals surface area contributed by atoms with Crippen LogP contribution >= 0.6 is 0 Å². The van der Waals surface area contributed by atoms with Gasteiger partial charge in [0.15, 0.2) is 0 Å². The number of unbranched alkanes of at least 4 members (excludes halogenated alkanes) is 25. The van der Waals surface area contributed by atoms with Crippen LogP contribution in [0.5, 0.6) is 0 Å². The monoisotopic (exact) mass is 662 g/mol. The molecule has 0 aliphatic rings. The van der Waals surface area contributed by atoms with Crippen LogP contribution in [0.15, 0.2) is 24.3 Å². The zero-order chi connectivity index (χ0) is 34.1. The summed E-state index contributed by atoms with van der Waals surface area (Å²) < 4.78 is 12.5. The molecule has 0 radical (unpaired) electrons. The molecule has 47 heavy (non-hydrogen) atoms. The molecule has 0 bridgehead atoms. The molecule has 0 aromatic heterocycles. The standard InChI is InChI=1S/C44H87NO2/c1-5-7-9-11-13-15-17-19-21-23-25-27-29-31-33-37-41-46-43-44(39-35-36-40-45(3)4)47-42-38-34-32-30-28-26-24-22-20-18-16-14-12-10-8-6-2/h19-22,44H,5-18,23-43H2,1-4H3/b21-19-,22-20-. The fourth-order valence-electron chi connectivity index (χ4n) is 6.28. The molecule has 0 aromatic rings. The van der Waals surface area contributed by atoms with E-state index in [0.717, 1.165) is 32.8 Å². The van der Waals surface area contributed by atoms with Gasteiger partial charge in [-0.3, -0.25) is 0 Å². The smallest absolute Gasteiger partial charge is 0.0808 e. The van der Waals surface area contributed by atoms with E-state index < -0.39 is 0 Å². The summed E-state index contributed by atoms with van der Waals surface area (Å²) in [4.78, 5) is 2.28. The van der Waals surface area contributed by atoms with Gasteiger partial charge in [-0.05, 0) is 104 Å². The maximum Gasteiger partial charge on any atom is 0.0808 e. The predicted octanol–water partition coefficient (Wildman–Crippen LogP) is 14.2. The van der Waals surface area contributed by atoms with Gasteiger partial charge in [0.1, 0.15) is 0 Å². The zero-order valence-electron chi connectivity index (χ0n) is 32.9. The second-order valence-corrected chi connectivity index (χ2v) is 14.7. The van der Waals surface area contributed by atoms with E-state index in [-0.39, 0.29) is 6.10 Å². The summed E-state index contributed by atoms with van der Waals surface area (Å²) in [7, 11) is 4.33. The van der Waals surface area contributed by atoms with E-state index in [9.17, 15) is 0 Å². The van der Waals surface area contributed by atoms with E-state index in [2.05, 4.69) is 57.1 Å². The predicted molar refractivity (Wildman–Crippen MR) is 212 cm³/mol. The van der Waals surface area contributed by atoms with Crippen LogP contribution in [-0.4, -0.2) is 51.5 Å². The third-order valence-corrected chi connectivity index (χ3v) is 9.50. The number of hydrogen-bond acceptors (Lipinski definition) is 3. The topological polar surface area (TPSA) is 21.7 Å². The third-order valence-electron chi connectivity index (χ3n) is 9.50. The van der Waals surface area contributed by atoms with Gasteiger partial charge in [-0.1, -0.05) is 154 Å². The number of allylic oxidation sites excluding steroid dienone is 4. The molecule has 3 heteroatoms. The van der Waals surface area contributed by atoms with Gasteiger partial charge in [0.25, 0.3) is 0 Å². The number of rotatable bonds is 40. The van der Waals surface area contributed by atoms with Crippen molar-refractivity contribution in [2.24, 2.45) is 0 Å². The fraction of sp³-hybridized carbons (Fsp3) is 0.909. The van der Waals surface area contributed by atoms with Gasteiger partial charge in [-0.15, -0.1) is 0 Å². The average Bonchev–Trinajstić information content (AvgIpc) is 3.07. The highest BCUT2D eigenvalue weighted by Gasteiger charge is 2.10. The second-order valence-electron chi connectivity index (χ2n) is 14.7. The Labute approximate surface area is 297 Å². The maximum absolute atomic E-state index is 6.35. The summed E-state index contributed by atoms with van der Waals surface area (Å²) in [5.74, 6) is 0. The Bertz CT molecular complexity index is 616. The highest BCUT2D eigenvalue weighted by molar-refractivity contribution is 4.82. The van der Waals surface area contributed by atoms with Gasteiger partial charge in [0.05, 0.1) is 12.7 Å². The largest absolute Gasteiger partial charge is 0.379 e. The van der Waals surface area contributed by atoms with Crippen molar-refractivity contribution < 1.29 is 9.47 Å². The first-order valence-electron chi connectivity index (χ1n) is 21.3. The Balaban J connectivity index is 3.73. The first-order chi connectivity index (χ1) is 23.2. The summed E-state index contributed by atoms with van der Waals surface area (Å²) in [5.41, 5.74) is 0. The fourth-order valence-corrected chi connectivity index (χ4v) is 6.28. The first kappa shape index (κ1) is 46.4. The van der Waals surface area contributed by atoms with E-state index >= 15 is 0 Å². The molecular formula is C44H87NO2. The molecule has 0 aliphatic carbocycles. The summed E-state index contributed by atoms with van der Waals surface area (Å²) >= 11 is 0. The van der Waals surface area contributed by atoms with Crippen molar-refractivity contribution in [1.29, 1.82) is 0 Å². The van der Waals surface area contributed by atoms with Gasteiger partial charge in [0.2, 0.25) is 0 Å². The summed E-state index contributed by atoms with van der Waals surface area (Å²) in [6.45, 7) is 8.32.